The second kappa shape index (κ2) is 7.35. The van der Waals surface area contributed by atoms with Gasteiger partial charge in [-0.15, -0.1) is 0 Å². The fourth-order valence-corrected chi connectivity index (χ4v) is 3.89. The van der Waals surface area contributed by atoms with Crippen molar-refractivity contribution in [1.82, 2.24) is 10.2 Å². The Kier molecular flexibility index (Phi) is 5.15. The highest BCUT2D eigenvalue weighted by molar-refractivity contribution is 6.07. The van der Waals surface area contributed by atoms with E-state index in [0.29, 0.717) is 23.7 Å². The lowest BCUT2D eigenvalue weighted by atomic mass is 9.79. The number of amides is 2. The van der Waals surface area contributed by atoms with Crippen LogP contribution in [0.25, 0.3) is 0 Å². The monoisotopic (exact) mass is 358 g/mol. The number of likely N-dealkylation sites (N-methyl/N-ethyl adjacent to an activating group) is 1. The molecule has 1 unspecified atom stereocenters. The summed E-state index contributed by atoms with van der Waals surface area (Å²) in [6.45, 7) is 0.144. The molecule has 2 aliphatic rings. The first-order valence-corrected chi connectivity index (χ1v) is 9.09. The number of benzene rings is 1. The summed E-state index contributed by atoms with van der Waals surface area (Å²) in [6, 6.07) is 6.54. The number of guanidine groups is 1. The van der Waals surface area contributed by atoms with Crippen molar-refractivity contribution < 1.29 is 14.3 Å². The maximum atomic E-state index is 12.9. The zero-order chi connectivity index (χ0) is 18.7. The lowest BCUT2D eigenvalue weighted by molar-refractivity contribution is -0.132. The summed E-state index contributed by atoms with van der Waals surface area (Å²) in [6.07, 6.45) is 6.53. The first kappa shape index (κ1) is 18.2. The molecule has 2 fully saturated rings. The maximum absolute atomic E-state index is 12.9. The standard InChI is InChI=1S/C19H26N4O3/c1-23-17(25)19(22-18(23)21,11-13-5-3-2-4-6-13)12-26-15-9-7-14(8-10-15)16(20)24/h7-10,13H,2-6,11-12H2,1H3,(H2,20,24)(H2,21,22). The summed E-state index contributed by atoms with van der Waals surface area (Å²) in [5, 5.41) is 11.1. The third kappa shape index (κ3) is 3.66. The minimum atomic E-state index is -0.907. The Morgan fingerprint density at radius 1 is 1.31 bits per heavy atom. The smallest absolute Gasteiger partial charge is 0.258 e. The maximum Gasteiger partial charge on any atom is 0.258 e. The molecule has 7 heteroatoms. The second-order valence-corrected chi connectivity index (χ2v) is 7.31. The second-order valence-electron chi connectivity index (χ2n) is 7.31. The van der Waals surface area contributed by atoms with E-state index < -0.39 is 11.4 Å². The molecule has 4 N–H and O–H groups in total. The molecule has 140 valence electrons. The number of rotatable bonds is 6. The highest BCUT2D eigenvalue weighted by Crippen LogP contribution is 2.33. The van der Waals surface area contributed by atoms with Gasteiger partial charge in [-0.1, -0.05) is 32.1 Å². The Hall–Kier alpha value is -2.57. The number of carbonyl (C=O) groups excluding carboxylic acids is 2. The average molecular weight is 358 g/mol. The van der Waals surface area contributed by atoms with Gasteiger partial charge in [0, 0.05) is 12.6 Å². The fraction of sp³-hybridized carbons (Fsp3) is 0.526. The number of hydrogen-bond donors (Lipinski definition) is 3. The van der Waals surface area contributed by atoms with Crippen LogP contribution in [-0.4, -0.2) is 41.9 Å². The zero-order valence-electron chi connectivity index (χ0n) is 15.1. The number of carbonyl (C=O) groups is 2. The van der Waals surface area contributed by atoms with E-state index in [1.54, 1.807) is 31.3 Å². The van der Waals surface area contributed by atoms with Crippen molar-refractivity contribution in [3.05, 3.63) is 29.8 Å². The summed E-state index contributed by atoms with van der Waals surface area (Å²) in [5.74, 6) is 0.516. The minimum Gasteiger partial charge on any atom is -0.491 e. The summed E-state index contributed by atoms with van der Waals surface area (Å²) in [7, 11) is 1.61. The van der Waals surface area contributed by atoms with Gasteiger partial charge in [0.25, 0.3) is 5.91 Å². The fourth-order valence-electron chi connectivity index (χ4n) is 3.89. The predicted octanol–water partition coefficient (Wildman–Crippen LogP) is 1.87. The van der Waals surface area contributed by atoms with Gasteiger partial charge in [0.05, 0.1) is 0 Å². The number of nitrogens with zero attached hydrogens (tertiary/aromatic N) is 1. The lowest BCUT2D eigenvalue weighted by Crippen LogP contribution is -2.53. The van der Waals surface area contributed by atoms with Gasteiger partial charge in [0.2, 0.25) is 5.91 Å². The van der Waals surface area contributed by atoms with Crippen LogP contribution in [0.5, 0.6) is 5.75 Å². The Balaban J connectivity index is 1.74. The molecule has 1 saturated heterocycles. The van der Waals surface area contributed by atoms with E-state index in [1.165, 1.54) is 24.2 Å². The Morgan fingerprint density at radius 3 is 2.50 bits per heavy atom. The molecular weight excluding hydrogens is 332 g/mol. The summed E-state index contributed by atoms with van der Waals surface area (Å²) < 4.78 is 5.88. The normalized spacial score (nSPS) is 23.8. The molecule has 1 heterocycles. The van der Waals surface area contributed by atoms with E-state index in [1.807, 2.05) is 0 Å². The molecule has 1 saturated carbocycles. The molecule has 0 bridgehead atoms. The molecule has 7 nitrogen and oxygen atoms in total. The molecular formula is C19H26N4O3. The predicted molar refractivity (Wildman–Crippen MR) is 98.0 cm³/mol. The molecule has 0 radical (unpaired) electrons. The first-order valence-electron chi connectivity index (χ1n) is 9.09. The van der Waals surface area contributed by atoms with Gasteiger partial charge < -0.3 is 15.8 Å². The van der Waals surface area contributed by atoms with Crippen molar-refractivity contribution in [2.24, 2.45) is 11.7 Å². The molecule has 2 amide bonds. The van der Waals surface area contributed by atoms with Gasteiger partial charge in [0.1, 0.15) is 12.4 Å². The zero-order valence-corrected chi connectivity index (χ0v) is 15.1. The van der Waals surface area contributed by atoms with Gasteiger partial charge in [0.15, 0.2) is 11.5 Å². The molecule has 3 rings (SSSR count). The van der Waals surface area contributed by atoms with Crippen molar-refractivity contribution in [2.75, 3.05) is 13.7 Å². The molecule has 0 aromatic heterocycles. The van der Waals surface area contributed by atoms with Crippen LogP contribution in [0.4, 0.5) is 0 Å². The van der Waals surface area contributed by atoms with Crippen LogP contribution in [0, 0.1) is 11.3 Å². The quantitative estimate of drug-likeness (QED) is 0.721. The topological polar surface area (TPSA) is 109 Å². The summed E-state index contributed by atoms with van der Waals surface area (Å²) >= 11 is 0. The van der Waals surface area contributed by atoms with Crippen LogP contribution in [0.2, 0.25) is 0 Å². The number of nitrogens with two attached hydrogens (primary N) is 1. The summed E-state index contributed by atoms with van der Waals surface area (Å²) in [5.41, 5.74) is 4.75. The molecule has 1 aromatic carbocycles. The van der Waals surface area contributed by atoms with Crippen molar-refractivity contribution in [3.63, 3.8) is 0 Å². The van der Waals surface area contributed by atoms with Crippen LogP contribution in [0.15, 0.2) is 24.3 Å². The van der Waals surface area contributed by atoms with Gasteiger partial charge in [-0.2, -0.15) is 0 Å². The van der Waals surface area contributed by atoms with Crippen LogP contribution in [0.3, 0.4) is 0 Å². The molecule has 0 spiro atoms. The van der Waals surface area contributed by atoms with E-state index in [4.69, 9.17) is 15.9 Å². The van der Waals surface area contributed by atoms with Crippen LogP contribution in [-0.2, 0) is 4.79 Å². The third-order valence-corrected chi connectivity index (χ3v) is 5.39. The Morgan fingerprint density at radius 2 is 1.96 bits per heavy atom. The number of ether oxygens (including phenoxy) is 1. The van der Waals surface area contributed by atoms with Crippen molar-refractivity contribution >= 4 is 17.8 Å². The highest BCUT2D eigenvalue weighted by atomic mass is 16.5. The highest BCUT2D eigenvalue weighted by Gasteiger charge is 2.50. The van der Waals surface area contributed by atoms with Crippen molar-refractivity contribution in [1.29, 1.82) is 5.41 Å². The van der Waals surface area contributed by atoms with Gasteiger partial charge in [-0.25, -0.2) is 0 Å². The molecule has 1 aliphatic heterocycles. The van der Waals surface area contributed by atoms with Crippen LogP contribution < -0.4 is 15.8 Å². The molecule has 26 heavy (non-hydrogen) atoms. The van der Waals surface area contributed by atoms with Gasteiger partial charge in [-0.05, 0) is 36.6 Å². The Labute approximate surface area is 153 Å². The molecule has 1 aromatic rings. The minimum absolute atomic E-state index is 0.110. The van der Waals surface area contributed by atoms with Crippen molar-refractivity contribution in [2.45, 2.75) is 44.1 Å². The average Bonchev–Trinajstić information content (AvgIpc) is 2.85. The number of hydrogen-bond acceptors (Lipinski definition) is 4. The SMILES string of the molecule is CN1C(=N)NC(COc2ccc(C(N)=O)cc2)(CC2CCCCC2)C1=O. The molecule has 1 aliphatic carbocycles. The molecule has 1 atom stereocenters. The number of nitrogens with one attached hydrogen (secondary N) is 2. The van der Waals surface area contributed by atoms with E-state index in [2.05, 4.69) is 5.32 Å². The summed E-state index contributed by atoms with van der Waals surface area (Å²) in [4.78, 5) is 25.4. The van der Waals surface area contributed by atoms with E-state index >= 15 is 0 Å². The van der Waals surface area contributed by atoms with Gasteiger partial charge >= 0.3 is 0 Å². The van der Waals surface area contributed by atoms with E-state index in [0.717, 1.165) is 12.8 Å². The van der Waals surface area contributed by atoms with Crippen LogP contribution >= 0.6 is 0 Å². The van der Waals surface area contributed by atoms with Crippen molar-refractivity contribution in [3.8, 4) is 5.75 Å². The van der Waals surface area contributed by atoms with E-state index in [9.17, 15) is 9.59 Å². The van der Waals surface area contributed by atoms with E-state index in [-0.39, 0.29) is 18.5 Å². The number of primary amides is 1. The van der Waals surface area contributed by atoms with Gasteiger partial charge in [-0.3, -0.25) is 19.9 Å². The lowest BCUT2D eigenvalue weighted by Gasteiger charge is -2.32. The Bertz CT molecular complexity index is 697. The first-order chi connectivity index (χ1) is 12.4. The third-order valence-electron chi connectivity index (χ3n) is 5.39. The largest absolute Gasteiger partial charge is 0.491 e. The van der Waals surface area contributed by atoms with Crippen LogP contribution in [0.1, 0.15) is 48.9 Å².